The summed E-state index contributed by atoms with van der Waals surface area (Å²) in [6, 6.07) is 0. The van der Waals surface area contributed by atoms with E-state index >= 15 is 8.78 Å². The van der Waals surface area contributed by atoms with Crippen LogP contribution in [0.2, 0.25) is 0 Å². The molecule has 0 radical (unpaired) electrons. The van der Waals surface area contributed by atoms with Crippen LogP contribution in [0.1, 0.15) is 53.4 Å². The second-order valence-electron chi connectivity index (χ2n) is 10.3. The Hall–Kier alpha value is -1.87. The molecular weight excluding hydrogens is 454 g/mol. The Bertz CT molecular complexity index is 1010. The van der Waals surface area contributed by atoms with Crippen LogP contribution in [0.4, 0.5) is 8.78 Å². The van der Waals surface area contributed by atoms with Crippen LogP contribution in [-0.4, -0.2) is 44.6 Å². The molecule has 1 N–H and O–H groups in total. The number of alkyl halides is 2. The zero-order chi connectivity index (χ0) is 24.6. The van der Waals surface area contributed by atoms with Gasteiger partial charge in [-0.3, -0.25) is 19.2 Å². The van der Waals surface area contributed by atoms with Gasteiger partial charge in [0.05, 0.1) is 17.5 Å². The van der Waals surface area contributed by atoms with E-state index < -0.39 is 75.1 Å². The summed E-state index contributed by atoms with van der Waals surface area (Å²) < 4.78 is 47.9. The summed E-state index contributed by atoms with van der Waals surface area (Å²) in [5, 5.41) is -0.816. The van der Waals surface area contributed by atoms with Crippen molar-refractivity contribution in [2.75, 3.05) is 0 Å². The number of fused-ring (bicyclic) bond motifs is 5. The minimum absolute atomic E-state index is 0.0272. The molecule has 3 fully saturated rings. The fraction of sp³-hybridized carbons (Fsp3) is 0.667. The molecular formula is C24H28F2O6S. The van der Waals surface area contributed by atoms with Gasteiger partial charge in [-0.1, -0.05) is 26.8 Å². The number of carbonyl (C=O) groups excluding carboxylic acids is 4. The van der Waals surface area contributed by atoms with Gasteiger partial charge in [0, 0.05) is 30.1 Å². The monoisotopic (exact) mass is 482 g/mol. The third-order valence-electron chi connectivity index (χ3n) is 8.88. The second-order valence-corrected chi connectivity index (χ2v) is 10.8. The molecule has 0 amide bonds. The highest BCUT2D eigenvalue weighted by atomic mass is 32.2. The van der Waals surface area contributed by atoms with Crippen molar-refractivity contribution in [2.45, 2.75) is 70.8 Å². The van der Waals surface area contributed by atoms with Crippen molar-refractivity contribution in [3.8, 4) is 0 Å². The van der Waals surface area contributed by atoms with Crippen molar-refractivity contribution < 1.29 is 37.2 Å². The van der Waals surface area contributed by atoms with Crippen LogP contribution in [0.25, 0.3) is 0 Å². The molecule has 0 aliphatic heterocycles. The molecule has 4 aliphatic carbocycles. The topological polar surface area (TPSA) is 97.7 Å². The van der Waals surface area contributed by atoms with Gasteiger partial charge in [-0.15, -0.1) is 0 Å². The van der Waals surface area contributed by atoms with Gasteiger partial charge in [-0.2, -0.15) is 0 Å². The molecule has 3 saturated carbocycles. The standard InChI is InChI=1S/C24H28F2O6S/c1-5-19(29)32-24(20(30)33-31)12(2)8-14-15-10-17(25)16-9-13(27)6-7-21(16,3)23(15,26)18(28)11-22(14,24)4/h6-7,9,12,14-15,17,31H,5,8,10-11H2,1-4H3/t12-,14?,15?,17+,21?,22?,23+,24+/m1/s1. The molecule has 33 heavy (non-hydrogen) atoms. The van der Waals surface area contributed by atoms with Crippen LogP contribution in [0, 0.1) is 28.6 Å². The van der Waals surface area contributed by atoms with E-state index in [1.165, 1.54) is 13.0 Å². The maximum absolute atomic E-state index is 17.1. The molecule has 9 heteroatoms. The Morgan fingerprint density at radius 2 is 1.91 bits per heavy atom. The first-order valence-electron chi connectivity index (χ1n) is 11.2. The quantitative estimate of drug-likeness (QED) is 0.476. The lowest BCUT2D eigenvalue weighted by Gasteiger charge is -2.60. The van der Waals surface area contributed by atoms with Gasteiger partial charge in [-0.25, -0.2) is 8.78 Å². The largest absolute Gasteiger partial charge is 0.449 e. The van der Waals surface area contributed by atoms with Crippen LogP contribution in [-0.2, 0) is 23.9 Å². The molecule has 6 nitrogen and oxygen atoms in total. The zero-order valence-corrected chi connectivity index (χ0v) is 19.8. The summed E-state index contributed by atoms with van der Waals surface area (Å²) in [6.45, 7) is 6.29. The van der Waals surface area contributed by atoms with Crippen molar-refractivity contribution in [1.29, 1.82) is 0 Å². The lowest BCUT2D eigenvalue weighted by molar-refractivity contribution is -0.200. The van der Waals surface area contributed by atoms with Gasteiger partial charge in [0.25, 0.3) is 5.12 Å². The van der Waals surface area contributed by atoms with Crippen molar-refractivity contribution in [1.82, 2.24) is 0 Å². The summed E-state index contributed by atoms with van der Waals surface area (Å²) >= 11 is -0.0737. The predicted octanol–water partition coefficient (Wildman–Crippen LogP) is 4.18. The van der Waals surface area contributed by atoms with E-state index in [0.717, 1.165) is 12.2 Å². The Labute approximate surface area is 195 Å². The summed E-state index contributed by atoms with van der Waals surface area (Å²) in [4.78, 5) is 51.0. The highest BCUT2D eigenvalue weighted by Gasteiger charge is 2.78. The number of ether oxygens (including phenoxy) is 1. The molecule has 4 rings (SSSR count). The zero-order valence-electron chi connectivity index (χ0n) is 19.0. The first-order chi connectivity index (χ1) is 15.3. The second kappa shape index (κ2) is 7.57. The van der Waals surface area contributed by atoms with Gasteiger partial charge in [0.1, 0.15) is 6.17 Å². The maximum atomic E-state index is 17.1. The SMILES string of the molecule is CCC(=O)O[C@]1(C(=O)SO)[C@H](C)CC2C3C[C@H](F)C4=CC(=O)C=CC4(C)[C@@]3(F)C(=O)CC21C. The van der Waals surface area contributed by atoms with E-state index in [0.29, 0.717) is 0 Å². The number of ketones is 2. The summed E-state index contributed by atoms with van der Waals surface area (Å²) in [5.74, 6) is -4.33. The highest BCUT2D eigenvalue weighted by Crippen LogP contribution is 2.71. The first-order valence-corrected chi connectivity index (χ1v) is 12.0. The molecule has 180 valence electrons. The Kier molecular flexibility index (Phi) is 5.56. The molecule has 0 aromatic rings. The minimum atomic E-state index is -2.48. The van der Waals surface area contributed by atoms with Crippen LogP contribution in [0.3, 0.4) is 0 Å². The predicted molar refractivity (Wildman–Crippen MR) is 117 cm³/mol. The lowest BCUT2D eigenvalue weighted by atomic mass is 9.45. The average Bonchev–Trinajstić information content (AvgIpc) is 2.98. The number of hydrogen-bond donors (Lipinski definition) is 1. The fourth-order valence-corrected chi connectivity index (χ4v) is 7.88. The van der Waals surface area contributed by atoms with E-state index in [-0.39, 0.29) is 36.9 Å². The van der Waals surface area contributed by atoms with Crippen molar-refractivity contribution >= 4 is 34.7 Å². The summed E-state index contributed by atoms with van der Waals surface area (Å²) in [5.41, 5.74) is -7.33. The third-order valence-corrected chi connectivity index (χ3v) is 9.35. The van der Waals surface area contributed by atoms with Crippen LogP contribution >= 0.6 is 12.0 Å². The van der Waals surface area contributed by atoms with Crippen molar-refractivity contribution in [3.05, 3.63) is 23.8 Å². The normalized spacial score (nSPS) is 46.2. The molecule has 0 aromatic heterocycles. The van der Waals surface area contributed by atoms with E-state index in [4.69, 9.17) is 4.74 Å². The molecule has 0 saturated heterocycles. The van der Waals surface area contributed by atoms with E-state index in [9.17, 15) is 23.7 Å². The van der Waals surface area contributed by atoms with Gasteiger partial charge in [0.2, 0.25) is 0 Å². The highest BCUT2D eigenvalue weighted by molar-refractivity contribution is 8.09. The molecule has 4 aliphatic rings. The van der Waals surface area contributed by atoms with Gasteiger partial charge < -0.3 is 9.29 Å². The number of hydrogen-bond acceptors (Lipinski definition) is 7. The third kappa shape index (κ3) is 2.81. The number of halogens is 2. The lowest BCUT2D eigenvalue weighted by Crippen LogP contribution is -2.69. The van der Waals surface area contributed by atoms with Crippen LogP contribution in [0.5, 0.6) is 0 Å². The average molecular weight is 483 g/mol. The van der Waals surface area contributed by atoms with Crippen LogP contribution < -0.4 is 0 Å². The number of esters is 1. The first kappa shape index (κ1) is 24.3. The Morgan fingerprint density at radius 1 is 1.24 bits per heavy atom. The molecule has 8 atom stereocenters. The Balaban J connectivity index is 1.89. The van der Waals surface area contributed by atoms with E-state index in [2.05, 4.69) is 0 Å². The Morgan fingerprint density at radius 3 is 2.52 bits per heavy atom. The minimum Gasteiger partial charge on any atom is -0.449 e. The summed E-state index contributed by atoms with van der Waals surface area (Å²) in [6.07, 6.45) is 1.35. The van der Waals surface area contributed by atoms with Crippen LogP contribution in [0.15, 0.2) is 23.8 Å². The molecule has 0 bridgehead atoms. The van der Waals surface area contributed by atoms with E-state index in [1.54, 1.807) is 20.8 Å². The van der Waals surface area contributed by atoms with Crippen molar-refractivity contribution in [2.24, 2.45) is 28.6 Å². The molecule has 0 aromatic carbocycles. The van der Waals surface area contributed by atoms with E-state index in [1.807, 2.05) is 0 Å². The summed E-state index contributed by atoms with van der Waals surface area (Å²) in [7, 11) is 0. The number of allylic oxidation sites excluding steroid dienone is 4. The van der Waals surface area contributed by atoms with Gasteiger partial charge in [-0.05, 0) is 43.4 Å². The maximum Gasteiger partial charge on any atom is 0.306 e. The molecule has 4 unspecified atom stereocenters. The smallest absolute Gasteiger partial charge is 0.306 e. The fourth-order valence-electron chi connectivity index (χ4n) is 7.27. The number of Topliss-reactive ketones (excluding diaryl/α,β-unsaturated/α-hetero) is 1. The number of carbonyl (C=O) groups is 4. The van der Waals surface area contributed by atoms with Crippen molar-refractivity contribution in [3.63, 3.8) is 0 Å². The molecule has 0 heterocycles. The van der Waals surface area contributed by atoms with Gasteiger partial charge in [0.15, 0.2) is 22.8 Å². The van der Waals surface area contributed by atoms with Gasteiger partial charge >= 0.3 is 5.97 Å². The number of rotatable bonds is 3. The molecule has 0 spiro atoms.